The zero-order chi connectivity index (χ0) is 30.6. The maximum absolute atomic E-state index is 4.80. The smallest absolute Gasteiger partial charge is 0.656 e. The maximum Gasteiger partial charge on any atom is 1.00 e. The first-order valence-corrected chi connectivity index (χ1v) is 14.8. The first kappa shape index (κ1) is 31.3. The van der Waals surface area contributed by atoms with Crippen LogP contribution in [-0.4, -0.2) is 16.0 Å². The van der Waals surface area contributed by atoms with Gasteiger partial charge < -0.3 is 4.98 Å². The van der Waals surface area contributed by atoms with Crippen molar-refractivity contribution in [2.75, 3.05) is 0 Å². The topological polar surface area (TPSA) is 45.9 Å². The predicted molar refractivity (Wildman–Crippen MR) is 180 cm³/mol. The minimum Gasteiger partial charge on any atom is -0.656 e. The van der Waals surface area contributed by atoms with Crippen LogP contribution in [0.4, 0.5) is 23.0 Å². The van der Waals surface area contributed by atoms with Crippen molar-refractivity contribution in [3.8, 4) is 0 Å². The first-order valence-electron chi connectivity index (χ1n) is 14.8. The minimum atomic E-state index is 0. The van der Waals surface area contributed by atoms with E-state index in [1.54, 1.807) is 12.4 Å². The van der Waals surface area contributed by atoms with Crippen molar-refractivity contribution in [2.24, 2.45) is 0 Å². The second-order valence-electron chi connectivity index (χ2n) is 12.0. The molecular weight excluding hydrogens is 723 g/mol. The number of fused-ring (bicyclic) bond motifs is 4. The zero-order valence-electron chi connectivity index (χ0n) is 26.9. The van der Waals surface area contributed by atoms with Crippen LogP contribution < -0.4 is 14.1 Å². The second kappa shape index (κ2) is 12.1. The van der Waals surface area contributed by atoms with Gasteiger partial charge in [-0.3, -0.25) is 0 Å². The summed E-state index contributed by atoms with van der Waals surface area (Å²) in [5.74, 6) is 1.62. The number of para-hydroxylation sites is 1. The molecule has 1 aliphatic heterocycles. The molecule has 0 N–H and O–H groups in total. The van der Waals surface area contributed by atoms with Crippen LogP contribution in [0, 0.1) is 62.3 Å². The van der Waals surface area contributed by atoms with Crippen molar-refractivity contribution in [1.29, 1.82) is 0 Å². The summed E-state index contributed by atoms with van der Waals surface area (Å²) in [6, 6.07) is 23.1. The van der Waals surface area contributed by atoms with Gasteiger partial charge in [0.1, 0.15) is 0 Å². The van der Waals surface area contributed by atoms with Crippen molar-refractivity contribution in [3.63, 3.8) is 0 Å². The molecule has 4 aromatic carbocycles. The van der Waals surface area contributed by atoms with Gasteiger partial charge in [-0.15, -0.1) is 11.0 Å². The van der Waals surface area contributed by atoms with Gasteiger partial charge in [-0.1, -0.05) is 91.6 Å². The Morgan fingerprint density at radius 3 is 1.36 bits per heavy atom. The number of hydrogen-bond acceptors (Lipinski definition) is 2. The Hall–Kier alpha value is -4.12. The van der Waals surface area contributed by atoms with E-state index >= 15 is 0 Å². The molecular formula is C38H38AuN5+2. The minimum absolute atomic E-state index is 0. The summed E-state index contributed by atoms with van der Waals surface area (Å²) in [7, 11) is 0. The third kappa shape index (κ3) is 5.49. The van der Waals surface area contributed by atoms with Crippen LogP contribution in [0.3, 0.4) is 0 Å². The van der Waals surface area contributed by atoms with Crippen LogP contribution in [0.15, 0.2) is 67.0 Å². The average molecular weight is 762 g/mol. The van der Waals surface area contributed by atoms with Crippen LogP contribution in [0.2, 0.25) is 0 Å². The number of rotatable bonds is 2. The Morgan fingerprint density at radius 2 is 0.909 bits per heavy atom. The predicted octanol–water partition coefficient (Wildman–Crippen LogP) is 9.06. The molecule has 0 bridgehead atoms. The molecule has 0 saturated carbocycles. The molecule has 0 fully saturated rings. The largest absolute Gasteiger partial charge is 1.00 e. The van der Waals surface area contributed by atoms with Crippen LogP contribution in [0.1, 0.15) is 50.1 Å². The number of benzene rings is 4. The van der Waals surface area contributed by atoms with Crippen LogP contribution in [-0.2, 0) is 22.4 Å². The van der Waals surface area contributed by atoms with Crippen molar-refractivity contribution >= 4 is 50.8 Å². The number of aromatic nitrogens is 3. The number of hydrogen-bond donors (Lipinski definition) is 0. The van der Waals surface area contributed by atoms with Crippen molar-refractivity contribution in [2.45, 2.75) is 62.3 Å². The summed E-state index contributed by atoms with van der Waals surface area (Å²) in [5, 5.41) is 2.59. The van der Waals surface area contributed by atoms with Gasteiger partial charge in [-0.25, -0.2) is 0 Å². The van der Waals surface area contributed by atoms with E-state index in [0.717, 1.165) is 34.0 Å². The third-order valence-electron chi connectivity index (χ3n) is 8.21. The Kier molecular flexibility index (Phi) is 8.62. The fourth-order valence-electron chi connectivity index (χ4n) is 6.57. The van der Waals surface area contributed by atoms with Gasteiger partial charge in [-0.05, 0) is 73.1 Å². The van der Waals surface area contributed by atoms with E-state index < -0.39 is 0 Å². The van der Waals surface area contributed by atoms with Gasteiger partial charge in [0.2, 0.25) is 0 Å². The van der Waals surface area contributed by atoms with E-state index in [-0.39, 0.29) is 22.4 Å². The van der Waals surface area contributed by atoms with E-state index in [1.807, 2.05) is 9.15 Å². The van der Waals surface area contributed by atoms with Gasteiger partial charge >= 0.3 is 40.0 Å². The molecule has 6 heteroatoms. The molecule has 0 unspecified atom stereocenters. The van der Waals surface area contributed by atoms with Crippen molar-refractivity contribution in [3.05, 3.63) is 117 Å². The SMILES string of the molecule is Cc1cc(C)c([N+]2=C=[N+](c3c(C)cccc3C)c3nccnc32)c(C)c1.Cc1cc(C)c2[n-]c3c(C)cc(C)cc3c2c1.[Au+]. The Bertz CT molecular complexity index is 2060. The molecule has 224 valence electrons. The van der Waals surface area contributed by atoms with E-state index in [2.05, 4.69) is 133 Å². The van der Waals surface area contributed by atoms with Gasteiger partial charge in [0.15, 0.2) is 17.6 Å². The van der Waals surface area contributed by atoms with Crippen LogP contribution in [0.25, 0.3) is 21.8 Å². The molecule has 5 nitrogen and oxygen atoms in total. The van der Waals surface area contributed by atoms with Crippen LogP contribution in [0.5, 0.6) is 0 Å². The molecule has 0 radical (unpaired) electrons. The van der Waals surface area contributed by atoms with Gasteiger partial charge in [0.05, 0.1) is 6.20 Å². The quantitative estimate of drug-likeness (QED) is 0.131. The monoisotopic (exact) mass is 761 g/mol. The van der Waals surface area contributed by atoms with E-state index in [9.17, 15) is 0 Å². The second-order valence-corrected chi connectivity index (χ2v) is 12.0. The first-order chi connectivity index (χ1) is 20.5. The Balaban J connectivity index is 0.000000185. The molecule has 0 aliphatic carbocycles. The third-order valence-corrected chi connectivity index (χ3v) is 8.21. The average Bonchev–Trinajstić information content (AvgIpc) is 3.48. The molecule has 6 aromatic rings. The fraction of sp³-hybridized carbons (Fsp3) is 0.237. The Labute approximate surface area is 275 Å². The summed E-state index contributed by atoms with van der Waals surface area (Å²) < 4.78 is 4.07. The molecule has 7 rings (SSSR count). The normalized spacial score (nSPS) is 11.9. The summed E-state index contributed by atoms with van der Waals surface area (Å²) in [5.41, 5.74) is 15.7. The van der Waals surface area contributed by atoms with Gasteiger partial charge in [0.25, 0.3) is 0 Å². The summed E-state index contributed by atoms with van der Waals surface area (Å²) in [6.45, 7) is 19.2. The van der Waals surface area contributed by atoms with E-state index in [4.69, 9.17) is 4.98 Å². The van der Waals surface area contributed by atoms with E-state index in [1.165, 1.54) is 60.8 Å². The molecule has 0 amide bonds. The molecule has 0 spiro atoms. The van der Waals surface area contributed by atoms with Crippen LogP contribution >= 0.6 is 0 Å². The van der Waals surface area contributed by atoms with Gasteiger partial charge in [-0.2, -0.15) is 4.98 Å². The van der Waals surface area contributed by atoms with Crippen molar-refractivity contribution in [1.82, 2.24) is 24.1 Å². The zero-order valence-corrected chi connectivity index (χ0v) is 29.1. The molecule has 2 aromatic heterocycles. The molecule has 1 aliphatic rings. The maximum atomic E-state index is 4.80. The molecule has 44 heavy (non-hydrogen) atoms. The summed E-state index contributed by atoms with van der Waals surface area (Å²) in [4.78, 5) is 14.0. The van der Waals surface area contributed by atoms with Gasteiger partial charge in [0, 0.05) is 27.2 Å². The Morgan fingerprint density at radius 1 is 0.523 bits per heavy atom. The summed E-state index contributed by atoms with van der Waals surface area (Å²) in [6.07, 6.45) is 3.47. The fourth-order valence-corrected chi connectivity index (χ4v) is 6.57. The van der Waals surface area contributed by atoms with E-state index in [0.29, 0.717) is 0 Å². The number of aryl methyl sites for hydroxylation is 9. The standard InChI is InChI=1S/C22H22N4.C16H16N.Au/c1-14-11-17(4)20(18(5)12-14)26-13-25(21-22(26)24-10-9-23-21)19-15(2)7-6-8-16(19)3;1-9-5-11(3)15-13(7-9)14-8-10(2)6-12(4)16(14)17-15;/h6-12H,1-5H3;5-8H,1-4H3;/q+2;-1;+1. The van der Waals surface area contributed by atoms with Crippen molar-refractivity contribution < 1.29 is 22.4 Å². The molecule has 0 atom stereocenters. The molecule has 3 heterocycles. The summed E-state index contributed by atoms with van der Waals surface area (Å²) >= 11 is 0. The molecule has 0 saturated heterocycles. The number of nitrogens with zero attached hydrogens (tertiary/aromatic N) is 5.